The Morgan fingerprint density at radius 3 is 2.90 bits per heavy atom. The molecule has 0 radical (unpaired) electrons. The summed E-state index contributed by atoms with van der Waals surface area (Å²) in [5.74, 6) is 1.66. The summed E-state index contributed by atoms with van der Waals surface area (Å²) >= 11 is 5.90. The number of ether oxygens (including phenoxy) is 1. The van der Waals surface area contributed by atoms with Crippen molar-refractivity contribution in [3.63, 3.8) is 0 Å². The molecule has 21 heavy (non-hydrogen) atoms. The fourth-order valence-electron chi connectivity index (χ4n) is 2.83. The number of aromatic nitrogens is 3. The minimum absolute atomic E-state index is 0.597. The van der Waals surface area contributed by atoms with Crippen molar-refractivity contribution >= 4 is 22.6 Å². The molecule has 1 saturated heterocycles. The van der Waals surface area contributed by atoms with Gasteiger partial charge in [0.05, 0.1) is 24.9 Å². The molecule has 6 heteroatoms. The number of rotatable bonds is 6. The van der Waals surface area contributed by atoms with E-state index in [9.17, 15) is 0 Å². The van der Waals surface area contributed by atoms with Crippen molar-refractivity contribution in [1.82, 2.24) is 19.4 Å². The Balaban J connectivity index is 1.68. The van der Waals surface area contributed by atoms with Crippen molar-refractivity contribution in [2.75, 3.05) is 38.7 Å². The van der Waals surface area contributed by atoms with Crippen molar-refractivity contribution in [1.29, 1.82) is 0 Å². The molecule has 0 unspecified atom stereocenters. The van der Waals surface area contributed by atoms with E-state index in [0.29, 0.717) is 5.88 Å². The van der Waals surface area contributed by atoms with Crippen LogP contribution in [-0.2, 0) is 17.7 Å². The normalized spacial score (nSPS) is 16.6. The first-order chi connectivity index (χ1) is 10.4. The lowest BCUT2D eigenvalue weighted by Gasteiger charge is -2.26. The van der Waals surface area contributed by atoms with Crippen LogP contribution < -0.4 is 0 Å². The lowest BCUT2D eigenvalue weighted by molar-refractivity contribution is 0.0369. The third kappa shape index (κ3) is 3.54. The van der Waals surface area contributed by atoms with Crippen LogP contribution in [0.15, 0.2) is 18.5 Å². The third-order valence-electron chi connectivity index (χ3n) is 3.91. The number of morpholine rings is 1. The van der Waals surface area contributed by atoms with Crippen LogP contribution in [0.2, 0.25) is 0 Å². The molecule has 3 heterocycles. The summed E-state index contributed by atoms with van der Waals surface area (Å²) in [5.41, 5.74) is 2.12. The van der Waals surface area contributed by atoms with Crippen LogP contribution in [0.5, 0.6) is 0 Å². The van der Waals surface area contributed by atoms with Gasteiger partial charge in [-0.2, -0.15) is 0 Å². The molecular weight excluding hydrogens is 288 g/mol. The molecule has 5 nitrogen and oxygen atoms in total. The van der Waals surface area contributed by atoms with Gasteiger partial charge in [0.1, 0.15) is 11.3 Å². The average molecular weight is 309 g/mol. The first-order valence-electron chi connectivity index (χ1n) is 7.53. The van der Waals surface area contributed by atoms with Gasteiger partial charge in [-0.15, -0.1) is 11.6 Å². The Morgan fingerprint density at radius 2 is 2.10 bits per heavy atom. The van der Waals surface area contributed by atoms with Crippen molar-refractivity contribution in [2.45, 2.75) is 19.4 Å². The lowest BCUT2D eigenvalue weighted by Crippen LogP contribution is -2.37. The molecule has 0 bridgehead atoms. The molecule has 0 aromatic carbocycles. The quantitative estimate of drug-likeness (QED) is 0.765. The SMILES string of the molecule is ClCCc1nc2cnccc2n1CCCN1CCOCC1. The molecule has 0 saturated carbocycles. The molecule has 114 valence electrons. The van der Waals surface area contributed by atoms with Crippen LogP contribution in [0.3, 0.4) is 0 Å². The summed E-state index contributed by atoms with van der Waals surface area (Å²) < 4.78 is 7.67. The first kappa shape index (κ1) is 14.8. The van der Waals surface area contributed by atoms with E-state index in [1.54, 1.807) is 0 Å². The van der Waals surface area contributed by atoms with E-state index < -0.39 is 0 Å². The van der Waals surface area contributed by atoms with Gasteiger partial charge in [-0.3, -0.25) is 9.88 Å². The highest BCUT2D eigenvalue weighted by Crippen LogP contribution is 2.16. The van der Waals surface area contributed by atoms with Gasteiger partial charge in [0.2, 0.25) is 0 Å². The summed E-state index contributed by atoms with van der Waals surface area (Å²) in [7, 11) is 0. The Kier molecular flexibility index (Phi) is 5.06. The second kappa shape index (κ2) is 7.20. The van der Waals surface area contributed by atoms with Crippen molar-refractivity contribution < 1.29 is 4.74 Å². The van der Waals surface area contributed by atoms with E-state index in [0.717, 1.165) is 69.1 Å². The fourth-order valence-corrected chi connectivity index (χ4v) is 3.00. The van der Waals surface area contributed by atoms with Crippen LogP contribution >= 0.6 is 11.6 Å². The standard InChI is InChI=1S/C15H21ClN4O/c16-4-2-15-18-13-12-17-5-3-14(13)20(15)7-1-6-19-8-10-21-11-9-19/h3,5,12H,1-2,4,6-11H2. The first-order valence-corrected chi connectivity index (χ1v) is 8.07. The monoisotopic (exact) mass is 308 g/mol. The molecule has 0 amide bonds. The Hall–Kier alpha value is -1.17. The number of imidazole rings is 1. The molecule has 2 aromatic rings. The van der Waals surface area contributed by atoms with Gasteiger partial charge in [-0.1, -0.05) is 0 Å². The maximum atomic E-state index is 5.90. The molecule has 1 aliphatic rings. The molecule has 1 fully saturated rings. The number of alkyl halides is 1. The molecule has 3 rings (SSSR count). The van der Waals surface area contributed by atoms with Crippen LogP contribution in [0.1, 0.15) is 12.2 Å². The minimum atomic E-state index is 0.597. The van der Waals surface area contributed by atoms with Crippen molar-refractivity contribution in [2.24, 2.45) is 0 Å². The van der Waals surface area contributed by atoms with Crippen LogP contribution in [0.25, 0.3) is 11.0 Å². The van der Waals surface area contributed by atoms with E-state index >= 15 is 0 Å². The number of nitrogens with zero attached hydrogens (tertiary/aromatic N) is 4. The van der Waals surface area contributed by atoms with Crippen molar-refractivity contribution in [3.8, 4) is 0 Å². The Bertz CT molecular complexity index is 580. The summed E-state index contributed by atoms with van der Waals surface area (Å²) in [6.45, 7) is 5.89. The summed E-state index contributed by atoms with van der Waals surface area (Å²) in [5, 5.41) is 0. The van der Waals surface area contributed by atoms with Gasteiger partial charge in [0.15, 0.2) is 0 Å². The predicted molar refractivity (Wildman–Crippen MR) is 83.8 cm³/mol. The zero-order valence-electron chi connectivity index (χ0n) is 12.2. The number of pyridine rings is 1. The summed E-state index contributed by atoms with van der Waals surface area (Å²) in [4.78, 5) is 11.3. The topological polar surface area (TPSA) is 43.2 Å². The maximum absolute atomic E-state index is 5.90. The second-order valence-electron chi connectivity index (χ2n) is 5.29. The third-order valence-corrected chi connectivity index (χ3v) is 4.10. The van der Waals surface area contributed by atoms with E-state index in [4.69, 9.17) is 16.3 Å². The average Bonchev–Trinajstić information content (AvgIpc) is 2.87. The van der Waals surface area contributed by atoms with E-state index in [1.807, 2.05) is 18.5 Å². The van der Waals surface area contributed by atoms with Gasteiger partial charge in [0, 0.05) is 44.7 Å². The predicted octanol–water partition coefficient (Wildman–Crippen LogP) is 1.93. The molecule has 0 spiro atoms. The molecule has 0 N–H and O–H groups in total. The van der Waals surface area contributed by atoms with Gasteiger partial charge >= 0.3 is 0 Å². The second-order valence-corrected chi connectivity index (χ2v) is 5.67. The van der Waals surface area contributed by atoms with E-state index in [-0.39, 0.29) is 0 Å². The number of hydrogen-bond acceptors (Lipinski definition) is 4. The Morgan fingerprint density at radius 1 is 1.24 bits per heavy atom. The van der Waals surface area contributed by atoms with Gasteiger partial charge in [0.25, 0.3) is 0 Å². The van der Waals surface area contributed by atoms with Gasteiger partial charge in [-0.25, -0.2) is 4.98 Å². The van der Waals surface area contributed by atoms with E-state index in [2.05, 4.69) is 19.4 Å². The van der Waals surface area contributed by atoms with Crippen LogP contribution in [0, 0.1) is 0 Å². The molecule has 0 atom stereocenters. The van der Waals surface area contributed by atoms with E-state index in [1.165, 1.54) is 0 Å². The maximum Gasteiger partial charge on any atom is 0.111 e. The smallest absolute Gasteiger partial charge is 0.111 e. The number of hydrogen-bond donors (Lipinski definition) is 0. The number of halogens is 1. The van der Waals surface area contributed by atoms with Gasteiger partial charge < -0.3 is 9.30 Å². The fraction of sp³-hybridized carbons (Fsp3) is 0.600. The highest BCUT2D eigenvalue weighted by Gasteiger charge is 2.12. The Labute approximate surface area is 129 Å². The molecule has 2 aromatic heterocycles. The highest BCUT2D eigenvalue weighted by molar-refractivity contribution is 6.17. The molecule has 0 aliphatic carbocycles. The lowest BCUT2D eigenvalue weighted by atomic mass is 10.3. The van der Waals surface area contributed by atoms with Gasteiger partial charge in [-0.05, 0) is 12.5 Å². The zero-order valence-corrected chi connectivity index (χ0v) is 12.9. The van der Waals surface area contributed by atoms with Crippen LogP contribution in [-0.4, -0.2) is 58.2 Å². The largest absolute Gasteiger partial charge is 0.379 e. The molecule has 1 aliphatic heterocycles. The summed E-state index contributed by atoms with van der Waals surface area (Å²) in [6.07, 6.45) is 5.56. The number of aryl methyl sites for hydroxylation is 2. The van der Waals surface area contributed by atoms with Crippen molar-refractivity contribution in [3.05, 3.63) is 24.3 Å². The molecular formula is C15H21ClN4O. The number of fused-ring (bicyclic) bond motifs is 1. The zero-order chi connectivity index (χ0) is 14.5. The summed E-state index contributed by atoms with van der Waals surface area (Å²) in [6, 6.07) is 2.04. The minimum Gasteiger partial charge on any atom is -0.379 e. The highest BCUT2D eigenvalue weighted by atomic mass is 35.5. The van der Waals surface area contributed by atoms with Crippen LogP contribution in [0.4, 0.5) is 0 Å².